The van der Waals surface area contributed by atoms with E-state index in [2.05, 4.69) is 25.7 Å². The van der Waals surface area contributed by atoms with Gasteiger partial charge in [0.1, 0.15) is 0 Å². The van der Waals surface area contributed by atoms with Crippen LogP contribution in [0.15, 0.2) is 0 Å². The summed E-state index contributed by atoms with van der Waals surface area (Å²) in [7, 11) is 0. The third-order valence-electron chi connectivity index (χ3n) is 3.87. The van der Waals surface area contributed by atoms with Crippen LogP contribution in [0.2, 0.25) is 0 Å². The highest BCUT2D eigenvalue weighted by molar-refractivity contribution is 5.16. The molecule has 2 rings (SSSR count). The highest BCUT2D eigenvalue weighted by Gasteiger charge is 2.60. The molecule has 4 atom stereocenters. The van der Waals surface area contributed by atoms with Crippen LogP contribution in [0.5, 0.6) is 0 Å². The summed E-state index contributed by atoms with van der Waals surface area (Å²) in [6.45, 7) is 8.53. The van der Waals surface area contributed by atoms with Crippen LogP contribution in [-0.4, -0.2) is 23.0 Å². The number of piperidine rings is 1. The molecular formula is C10H19N. The predicted octanol–water partition coefficient (Wildman–Crippen LogP) is 2.27. The van der Waals surface area contributed by atoms with Crippen LogP contribution < -0.4 is 0 Å². The Bertz CT molecular complexity index is 166. The Morgan fingerprint density at radius 1 is 1.55 bits per heavy atom. The minimum Gasteiger partial charge on any atom is -0.291 e. The molecule has 2 heterocycles. The molecular weight excluding hydrogens is 134 g/mol. The molecule has 0 spiro atoms. The number of nitrogens with zero attached hydrogens (tertiary/aromatic N) is 1. The van der Waals surface area contributed by atoms with Crippen molar-refractivity contribution in [3.63, 3.8) is 0 Å². The maximum absolute atomic E-state index is 2.70. The zero-order valence-corrected chi connectivity index (χ0v) is 7.93. The first-order chi connectivity index (χ1) is 5.20. The second-order valence-electron chi connectivity index (χ2n) is 4.47. The Labute approximate surface area is 69.8 Å². The molecule has 0 aromatic heterocycles. The van der Waals surface area contributed by atoms with E-state index < -0.39 is 0 Å². The van der Waals surface area contributed by atoms with Gasteiger partial charge in [0.15, 0.2) is 0 Å². The summed E-state index contributed by atoms with van der Waals surface area (Å²) in [6.07, 6.45) is 4.21. The van der Waals surface area contributed by atoms with E-state index in [4.69, 9.17) is 0 Å². The van der Waals surface area contributed by atoms with Crippen LogP contribution in [-0.2, 0) is 0 Å². The van der Waals surface area contributed by atoms with E-state index >= 15 is 0 Å². The van der Waals surface area contributed by atoms with Gasteiger partial charge in [0, 0.05) is 11.6 Å². The van der Waals surface area contributed by atoms with Crippen molar-refractivity contribution < 1.29 is 0 Å². The molecule has 4 unspecified atom stereocenters. The molecule has 64 valence electrons. The molecule has 0 radical (unpaired) electrons. The van der Waals surface area contributed by atoms with Crippen molar-refractivity contribution >= 4 is 0 Å². The van der Waals surface area contributed by atoms with Crippen molar-refractivity contribution in [2.24, 2.45) is 5.92 Å². The molecule has 2 aliphatic rings. The van der Waals surface area contributed by atoms with Gasteiger partial charge in [-0.1, -0.05) is 13.8 Å². The van der Waals surface area contributed by atoms with Gasteiger partial charge in [-0.05, 0) is 38.6 Å². The van der Waals surface area contributed by atoms with Crippen LogP contribution in [0.1, 0.15) is 40.0 Å². The summed E-state index contributed by atoms with van der Waals surface area (Å²) in [5.41, 5.74) is 0.593. The van der Waals surface area contributed by atoms with E-state index in [0.717, 1.165) is 12.0 Å². The zero-order valence-electron chi connectivity index (χ0n) is 7.93. The Hall–Kier alpha value is -0.0400. The van der Waals surface area contributed by atoms with Crippen molar-refractivity contribution in [1.82, 2.24) is 4.90 Å². The van der Waals surface area contributed by atoms with Crippen LogP contribution in [0.4, 0.5) is 0 Å². The molecule has 0 saturated carbocycles. The molecule has 2 fully saturated rings. The van der Waals surface area contributed by atoms with E-state index in [-0.39, 0.29) is 0 Å². The summed E-state index contributed by atoms with van der Waals surface area (Å²) >= 11 is 0. The highest BCUT2D eigenvalue weighted by Crippen LogP contribution is 2.51. The van der Waals surface area contributed by atoms with Crippen molar-refractivity contribution in [2.75, 3.05) is 6.54 Å². The molecule has 1 heteroatoms. The van der Waals surface area contributed by atoms with Gasteiger partial charge in [-0.2, -0.15) is 0 Å². The Balaban J connectivity index is 2.10. The average molecular weight is 153 g/mol. The summed E-state index contributed by atoms with van der Waals surface area (Å²) in [6, 6.07) is 0.932. The van der Waals surface area contributed by atoms with E-state index in [1.54, 1.807) is 0 Å². The van der Waals surface area contributed by atoms with Gasteiger partial charge < -0.3 is 0 Å². The molecule has 0 bridgehead atoms. The standard InChI is InChI=1S/C10H19N/c1-4-10(3)9-8(2)6-5-7-11(9)10/h8-9H,4-7H2,1-3H3. The summed E-state index contributed by atoms with van der Waals surface area (Å²) in [5, 5.41) is 0. The fourth-order valence-electron chi connectivity index (χ4n) is 3.00. The fourth-order valence-corrected chi connectivity index (χ4v) is 3.00. The molecule has 0 aliphatic carbocycles. The van der Waals surface area contributed by atoms with Crippen molar-refractivity contribution in [2.45, 2.75) is 51.6 Å². The number of rotatable bonds is 1. The smallest absolute Gasteiger partial charge is 0.0340 e. The molecule has 2 aliphatic heterocycles. The maximum atomic E-state index is 2.70. The van der Waals surface area contributed by atoms with Gasteiger partial charge in [-0.15, -0.1) is 0 Å². The van der Waals surface area contributed by atoms with Gasteiger partial charge in [0.05, 0.1) is 0 Å². The number of hydrogen-bond donors (Lipinski definition) is 0. The van der Waals surface area contributed by atoms with Gasteiger partial charge in [-0.25, -0.2) is 0 Å². The van der Waals surface area contributed by atoms with E-state index in [1.807, 2.05) is 0 Å². The first-order valence-corrected chi connectivity index (χ1v) is 4.97. The first kappa shape index (κ1) is 7.60. The first-order valence-electron chi connectivity index (χ1n) is 4.97. The second-order valence-corrected chi connectivity index (χ2v) is 4.47. The molecule has 0 N–H and O–H groups in total. The normalized spacial score (nSPS) is 55.4. The van der Waals surface area contributed by atoms with E-state index in [0.29, 0.717) is 5.54 Å². The van der Waals surface area contributed by atoms with Gasteiger partial charge in [-0.3, -0.25) is 4.90 Å². The summed E-state index contributed by atoms with van der Waals surface area (Å²) in [4.78, 5) is 2.70. The monoisotopic (exact) mass is 153 g/mol. The third kappa shape index (κ3) is 0.868. The molecule has 1 nitrogen and oxygen atoms in total. The Kier molecular flexibility index (Phi) is 1.54. The highest BCUT2D eigenvalue weighted by atomic mass is 15.4. The lowest BCUT2D eigenvalue weighted by molar-refractivity contribution is 0.320. The number of hydrogen-bond acceptors (Lipinski definition) is 1. The summed E-state index contributed by atoms with van der Waals surface area (Å²) < 4.78 is 0. The van der Waals surface area contributed by atoms with Gasteiger partial charge in [0.25, 0.3) is 0 Å². The third-order valence-corrected chi connectivity index (χ3v) is 3.87. The number of fused-ring (bicyclic) bond motifs is 1. The van der Waals surface area contributed by atoms with Crippen LogP contribution >= 0.6 is 0 Å². The van der Waals surface area contributed by atoms with Crippen LogP contribution in [0.3, 0.4) is 0 Å². The second kappa shape index (κ2) is 2.22. The van der Waals surface area contributed by atoms with Gasteiger partial charge in [0.2, 0.25) is 0 Å². The van der Waals surface area contributed by atoms with Gasteiger partial charge >= 0.3 is 0 Å². The van der Waals surface area contributed by atoms with Crippen LogP contribution in [0.25, 0.3) is 0 Å². The molecule has 0 aromatic rings. The Morgan fingerprint density at radius 2 is 2.27 bits per heavy atom. The van der Waals surface area contributed by atoms with Crippen molar-refractivity contribution in [3.05, 3.63) is 0 Å². The molecule has 0 amide bonds. The van der Waals surface area contributed by atoms with Crippen LogP contribution in [0, 0.1) is 5.92 Å². The average Bonchev–Trinajstić information content (AvgIpc) is 2.61. The molecule has 2 saturated heterocycles. The van der Waals surface area contributed by atoms with E-state index in [9.17, 15) is 0 Å². The minimum atomic E-state index is 0.593. The maximum Gasteiger partial charge on any atom is 0.0340 e. The quantitative estimate of drug-likeness (QED) is 0.522. The largest absolute Gasteiger partial charge is 0.291 e. The minimum absolute atomic E-state index is 0.593. The predicted molar refractivity (Wildman–Crippen MR) is 47.6 cm³/mol. The lowest BCUT2D eigenvalue weighted by Crippen LogP contribution is -2.18. The molecule has 0 aromatic carbocycles. The summed E-state index contributed by atoms with van der Waals surface area (Å²) in [5.74, 6) is 0.952. The lowest BCUT2D eigenvalue weighted by Gasteiger charge is -2.16. The fraction of sp³-hybridized carbons (Fsp3) is 1.00. The van der Waals surface area contributed by atoms with E-state index in [1.165, 1.54) is 25.8 Å². The zero-order chi connectivity index (χ0) is 8.06. The topological polar surface area (TPSA) is 3.01 Å². The SMILES string of the molecule is CCC1(C)C2C(C)CCCN21. The molecule has 11 heavy (non-hydrogen) atoms. The van der Waals surface area contributed by atoms with Crippen molar-refractivity contribution in [3.8, 4) is 0 Å². The lowest BCUT2D eigenvalue weighted by atomic mass is 9.92. The van der Waals surface area contributed by atoms with Crippen molar-refractivity contribution in [1.29, 1.82) is 0 Å². The Morgan fingerprint density at radius 3 is 2.82 bits per heavy atom.